The van der Waals surface area contributed by atoms with E-state index in [0.717, 1.165) is 38.5 Å². The molecule has 0 aromatic heterocycles. The van der Waals surface area contributed by atoms with Gasteiger partial charge in [-0.05, 0) is 51.4 Å². The topological polar surface area (TPSA) is 228 Å². The van der Waals surface area contributed by atoms with Crippen molar-refractivity contribution in [2.24, 2.45) is 0 Å². The van der Waals surface area contributed by atoms with Gasteiger partial charge in [-0.1, -0.05) is 211 Å². The molecule has 0 aliphatic carbocycles. The lowest BCUT2D eigenvalue weighted by atomic mass is 9.97. The summed E-state index contributed by atoms with van der Waals surface area (Å²) in [5, 5.41) is 86.5. The van der Waals surface area contributed by atoms with E-state index in [0.29, 0.717) is 12.8 Å². The normalized spacial score (nSPS) is 25.8. The maximum absolute atomic E-state index is 13.1. The minimum atomic E-state index is -1.79. The summed E-state index contributed by atoms with van der Waals surface area (Å²) in [7, 11) is 0. The molecule has 2 fully saturated rings. The first-order chi connectivity index (χ1) is 35.1. The SMILES string of the molecule is CCC/C=C/CC/C=C/C(O)C(COC1OC(CO)C(OC2OC(CO)C(O)C(O)C2O)C(O)C1O)NC(=O)CCCCCCCCCCCCCCCCCCCCC/C=C\CCCCCCCCCC. The molecule has 2 aliphatic rings. The van der Waals surface area contributed by atoms with Gasteiger partial charge in [-0.2, -0.15) is 0 Å². The zero-order valence-electron chi connectivity index (χ0n) is 45.2. The van der Waals surface area contributed by atoms with Gasteiger partial charge in [-0.25, -0.2) is 0 Å². The summed E-state index contributed by atoms with van der Waals surface area (Å²) in [6, 6.07) is -0.926. The smallest absolute Gasteiger partial charge is 0.220 e. The number of hydrogen-bond acceptors (Lipinski definition) is 13. The molecule has 0 radical (unpaired) electrons. The molecule has 12 unspecified atom stereocenters. The van der Waals surface area contributed by atoms with Crippen LogP contribution in [0.2, 0.25) is 0 Å². The molecule has 422 valence electrons. The third-order valence-electron chi connectivity index (χ3n) is 14.3. The maximum atomic E-state index is 13.1. The van der Waals surface area contributed by atoms with Crippen molar-refractivity contribution in [3.05, 3.63) is 36.5 Å². The lowest BCUT2D eigenvalue weighted by Crippen LogP contribution is -2.65. The number of ether oxygens (including phenoxy) is 4. The number of rotatable bonds is 46. The predicted molar refractivity (Wildman–Crippen MR) is 286 cm³/mol. The molecule has 72 heavy (non-hydrogen) atoms. The molecular formula is C58H107NO13. The minimum absolute atomic E-state index is 0.252. The van der Waals surface area contributed by atoms with Crippen molar-refractivity contribution in [1.29, 1.82) is 0 Å². The number of amides is 1. The molecule has 2 saturated heterocycles. The van der Waals surface area contributed by atoms with E-state index in [1.54, 1.807) is 6.08 Å². The number of nitrogens with one attached hydrogen (secondary N) is 1. The highest BCUT2D eigenvalue weighted by atomic mass is 16.7. The molecule has 0 bridgehead atoms. The first-order valence-electron chi connectivity index (χ1n) is 29.2. The second-order valence-electron chi connectivity index (χ2n) is 20.8. The van der Waals surface area contributed by atoms with Gasteiger partial charge in [-0.15, -0.1) is 0 Å². The number of hydrogen-bond donors (Lipinski definition) is 9. The summed E-state index contributed by atoms with van der Waals surface area (Å²) in [4.78, 5) is 13.1. The Morgan fingerprint density at radius 2 is 0.917 bits per heavy atom. The van der Waals surface area contributed by atoms with Crippen LogP contribution in [0.3, 0.4) is 0 Å². The van der Waals surface area contributed by atoms with Gasteiger partial charge < -0.3 is 65.1 Å². The van der Waals surface area contributed by atoms with Crippen molar-refractivity contribution in [3.63, 3.8) is 0 Å². The Kier molecular flexibility index (Phi) is 40.9. The van der Waals surface area contributed by atoms with Gasteiger partial charge in [0.05, 0.1) is 32.0 Å². The molecule has 2 rings (SSSR count). The van der Waals surface area contributed by atoms with E-state index in [1.165, 1.54) is 161 Å². The lowest BCUT2D eigenvalue weighted by molar-refractivity contribution is -0.359. The van der Waals surface area contributed by atoms with Crippen LogP contribution in [-0.4, -0.2) is 140 Å². The summed E-state index contributed by atoms with van der Waals surface area (Å²) >= 11 is 0. The molecule has 12 atom stereocenters. The van der Waals surface area contributed by atoms with Gasteiger partial charge in [0.15, 0.2) is 12.6 Å². The van der Waals surface area contributed by atoms with E-state index in [9.17, 15) is 45.6 Å². The van der Waals surface area contributed by atoms with Crippen LogP contribution in [0.4, 0.5) is 0 Å². The van der Waals surface area contributed by atoms with E-state index in [1.807, 2.05) is 6.08 Å². The molecule has 1 amide bonds. The van der Waals surface area contributed by atoms with Gasteiger partial charge in [-0.3, -0.25) is 4.79 Å². The van der Waals surface area contributed by atoms with Crippen LogP contribution in [-0.2, 0) is 23.7 Å². The fraction of sp³-hybridized carbons (Fsp3) is 0.879. The van der Waals surface area contributed by atoms with Crippen molar-refractivity contribution in [1.82, 2.24) is 5.32 Å². The van der Waals surface area contributed by atoms with Crippen LogP contribution in [0.1, 0.15) is 232 Å². The summed E-state index contributed by atoms with van der Waals surface area (Å²) < 4.78 is 22.6. The zero-order chi connectivity index (χ0) is 52.4. The maximum Gasteiger partial charge on any atom is 0.220 e. The second-order valence-corrected chi connectivity index (χ2v) is 20.8. The summed E-state index contributed by atoms with van der Waals surface area (Å²) in [6.07, 6.45) is 36.9. The number of carbonyl (C=O) groups is 1. The van der Waals surface area contributed by atoms with Crippen LogP contribution in [0.25, 0.3) is 0 Å². The van der Waals surface area contributed by atoms with E-state index in [2.05, 4.69) is 43.5 Å². The van der Waals surface area contributed by atoms with Gasteiger partial charge in [0.1, 0.15) is 48.8 Å². The third-order valence-corrected chi connectivity index (χ3v) is 14.3. The third kappa shape index (κ3) is 30.1. The van der Waals surface area contributed by atoms with E-state index >= 15 is 0 Å². The average Bonchev–Trinajstić information content (AvgIpc) is 3.38. The molecule has 0 aromatic carbocycles. The van der Waals surface area contributed by atoms with Crippen LogP contribution in [0, 0.1) is 0 Å². The Morgan fingerprint density at radius 1 is 0.486 bits per heavy atom. The molecule has 0 aromatic rings. The van der Waals surface area contributed by atoms with Gasteiger partial charge in [0.2, 0.25) is 5.91 Å². The highest BCUT2D eigenvalue weighted by Crippen LogP contribution is 2.30. The molecule has 9 N–H and O–H groups in total. The lowest BCUT2D eigenvalue weighted by Gasteiger charge is -2.46. The highest BCUT2D eigenvalue weighted by Gasteiger charge is 2.51. The standard InChI is InChI=1S/C58H107NO13/c1-3-5-7-9-11-12-13-14-15-16-17-18-19-20-21-22-23-24-25-26-27-28-29-30-31-32-33-34-36-38-40-42-50(63)59-46(47(62)41-39-37-35-10-8-6-4-2)45-69-57-55(68)53(66)56(49(44-61)71-57)72-58-54(67)52(65)51(64)48(43-60)70-58/h8,10,16-17,39,41,46-49,51-58,60-62,64-68H,3-7,9,11-15,18-38,40,42-45H2,1-2H3,(H,59,63)/b10-8+,17-16-,41-39+. The van der Waals surface area contributed by atoms with E-state index in [-0.39, 0.29) is 18.9 Å². The Morgan fingerprint density at radius 3 is 1.42 bits per heavy atom. The van der Waals surface area contributed by atoms with Crippen LogP contribution < -0.4 is 5.32 Å². The molecule has 0 saturated carbocycles. The Bertz CT molecular complexity index is 1350. The zero-order valence-corrected chi connectivity index (χ0v) is 45.2. The Balaban J connectivity index is 1.58. The first kappa shape index (κ1) is 66.3. The summed E-state index contributed by atoms with van der Waals surface area (Å²) in [5.41, 5.74) is 0. The number of allylic oxidation sites excluding steroid dienone is 5. The van der Waals surface area contributed by atoms with Gasteiger partial charge in [0.25, 0.3) is 0 Å². The fourth-order valence-corrected chi connectivity index (χ4v) is 9.55. The average molecular weight is 1030 g/mol. The number of carbonyl (C=O) groups excluding carboxylic acids is 1. The van der Waals surface area contributed by atoms with Crippen LogP contribution in [0.5, 0.6) is 0 Å². The van der Waals surface area contributed by atoms with Gasteiger partial charge >= 0.3 is 0 Å². The van der Waals surface area contributed by atoms with E-state index < -0.39 is 86.8 Å². The van der Waals surface area contributed by atoms with Gasteiger partial charge in [0, 0.05) is 6.42 Å². The Hall–Kier alpha value is -1.79. The van der Waals surface area contributed by atoms with Crippen molar-refractivity contribution >= 4 is 5.91 Å². The monoisotopic (exact) mass is 1030 g/mol. The summed E-state index contributed by atoms with van der Waals surface area (Å²) in [5.74, 6) is -0.252. The fourth-order valence-electron chi connectivity index (χ4n) is 9.55. The second kappa shape index (κ2) is 44.3. The number of aliphatic hydroxyl groups is 8. The Labute approximate surface area is 436 Å². The van der Waals surface area contributed by atoms with Crippen molar-refractivity contribution < 1.29 is 64.6 Å². The highest BCUT2D eigenvalue weighted by molar-refractivity contribution is 5.76. The molecule has 14 heteroatoms. The first-order valence-corrected chi connectivity index (χ1v) is 29.2. The largest absolute Gasteiger partial charge is 0.394 e. The summed E-state index contributed by atoms with van der Waals surface area (Å²) in [6.45, 7) is 2.66. The van der Waals surface area contributed by atoms with Crippen molar-refractivity contribution in [2.75, 3.05) is 19.8 Å². The molecular weight excluding hydrogens is 919 g/mol. The van der Waals surface area contributed by atoms with Crippen molar-refractivity contribution in [2.45, 2.75) is 306 Å². The predicted octanol–water partition coefficient (Wildman–Crippen LogP) is 9.44. The van der Waals surface area contributed by atoms with E-state index in [4.69, 9.17) is 18.9 Å². The number of aliphatic hydroxyl groups excluding tert-OH is 8. The van der Waals surface area contributed by atoms with Crippen LogP contribution >= 0.6 is 0 Å². The minimum Gasteiger partial charge on any atom is -0.394 e. The molecule has 14 nitrogen and oxygen atoms in total. The number of unbranched alkanes of at least 4 members (excludes halogenated alkanes) is 29. The van der Waals surface area contributed by atoms with Crippen LogP contribution in [0.15, 0.2) is 36.5 Å². The van der Waals surface area contributed by atoms with Crippen molar-refractivity contribution in [3.8, 4) is 0 Å². The molecule has 0 spiro atoms. The molecule has 2 aliphatic heterocycles. The molecule has 2 heterocycles. The quantitative estimate of drug-likeness (QED) is 0.0205.